The summed E-state index contributed by atoms with van der Waals surface area (Å²) in [5.41, 5.74) is 3.98. The van der Waals surface area contributed by atoms with Crippen LogP contribution in [0.2, 0.25) is 10.0 Å². The van der Waals surface area contributed by atoms with Crippen molar-refractivity contribution in [3.8, 4) is 11.1 Å². The third-order valence-electron chi connectivity index (χ3n) is 3.25. The van der Waals surface area contributed by atoms with E-state index in [1.54, 1.807) is 6.07 Å². The van der Waals surface area contributed by atoms with Crippen LogP contribution in [0.1, 0.15) is 22.3 Å². The highest BCUT2D eigenvalue weighted by Crippen LogP contribution is 2.34. The normalized spacial score (nSPS) is 13.8. The Hall–Kier alpha value is -1.31. The Kier molecular flexibility index (Phi) is 2.89. The molecular weight excluding hydrogens is 267 g/mol. The third kappa shape index (κ3) is 1.94. The van der Waals surface area contributed by atoms with Crippen LogP contribution < -0.4 is 0 Å². The quantitative estimate of drug-likeness (QED) is 0.732. The summed E-state index contributed by atoms with van der Waals surface area (Å²) in [4.78, 5) is 11.7. The lowest BCUT2D eigenvalue weighted by molar-refractivity contribution is 0.0994. The molecule has 0 spiro atoms. The molecule has 0 N–H and O–H groups in total. The lowest BCUT2D eigenvalue weighted by atomic mass is 9.97. The number of halogens is 2. The van der Waals surface area contributed by atoms with Gasteiger partial charge in [-0.05, 0) is 41.3 Å². The van der Waals surface area contributed by atoms with Gasteiger partial charge in [0.15, 0.2) is 5.78 Å². The van der Waals surface area contributed by atoms with Crippen LogP contribution in [0.25, 0.3) is 11.1 Å². The van der Waals surface area contributed by atoms with Crippen molar-refractivity contribution in [1.82, 2.24) is 0 Å². The average molecular weight is 277 g/mol. The molecule has 3 heteroatoms. The van der Waals surface area contributed by atoms with Gasteiger partial charge >= 0.3 is 0 Å². The van der Waals surface area contributed by atoms with E-state index in [9.17, 15) is 4.79 Å². The van der Waals surface area contributed by atoms with Crippen LogP contribution in [-0.2, 0) is 6.42 Å². The second-order valence-electron chi connectivity index (χ2n) is 4.41. The molecule has 18 heavy (non-hydrogen) atoms. The Balaban J connectivity index is 2.21. The van der Waals surface area contributed by atoms with Crippen LogP contribution in [0.15, 0.2) is 36.4 Å². The Morgan fingerprint density at radius 1 is 0.889 bits per heavy atom. The van der Waals surface area contributed by atoms with Crippen molar-refractivity contribution in [3.63, 3.8) is 0 Å². The number of benzene rings is 2. The van der Waals surface area contributed by atoms with Crippen LogP contribution >= 0.6 is 23.2 Å². The molecule has 0 fully saturated rings. The molecule has 0 aromatic heterocycles. The minimum Gasteiger partial charge on any atom is -0.294 e. The van der Waals surface area contributed by atoms with Gasteiger partial charge in [-0.1, -0.05) is 41.4 Å². The summed E-state index contributed by atoms with van der Waals surface area (Å²) in [5, 5.41) is 1.22. The molecule has 1 aliphatic carbocycles. The van der Waals surface area contributed by atoms with E-state index in [2.05, 4.69) is 0 Å². The second-order valence-corrected chi connectivity index (χ2v) is 5.29. The minimum atomic E-state index is 0.222. The summed E-state index contributed by atoms with van der Waals surface area (Å²) in [6.07, 6.45) is 1.40. The van der Waals surface area contributed by atoms with E-state index in [0.717, 1.165) is 28.7 Å². The van der Waals surface area contributed by atoms with Gasteiger partial charge in [-0.2, -0.15) is 0 Å². The molecule has 1 aliphatic rings. The number of Topliss-reactive ketones (excluding diaryl/α,β-unsaturated/α-hetero) is 1. The fourth-order valence-electron chi connectivity index (χ4n) is 2.47. The molecule has 0 atom stereocenters. The second kappa shape index (κ2) is 4.42. The fourth-order valence-corrected chi connectivity index (χ4v) is 3.00. The maximum Gasteiger partial charge on any atom is 0.163 e. The number of carbonyl (C=O) groups excluding carboxylic acids is 1. The van der Waals surface area contributed by atoms with E-state index < -0.39 is 0 Å². The van der Waals surface area contributed by atoms with E-state index in [1.165, 1.54) is 0 Å². The van der Waals surface area contributed by atoms with E-state index >= 15 is 0 Å². The predicted molar refractivity (Wildman–Crippen MR) is 74.5 cm³/mol. The molecule has 90 valence electrons. The summed E-state index contributed by atoms with van der Waals surface area (Å²) in [7, 11) is 0. The molecule has 0 saturated heterocycles. The number of rotatable bonds is 1. The summed E-state index contributed by atoms with van der Waals surface area (Å²) in [6.45, 7) is 0. The van der Waals surface area contributed by atoms with Gasteiger partial charge in [0.05, 0.1) is 0 Å². The van der Waals surface area contributed by atoms with Gasteiger partial charge in [0.25, 0.3) is 0 Å². The summed E-state index contributed by atoms with van der Waals surface area (Å²) >= 11 is 12.1. The standard InChI is InChI=1S/C15H10Cl2O/c16-10-6-9(7-11(17)8-10)12-2-1-3-14-13(12)4-5-15(14)18/h1-3,6-8H,4-5H2. The van der Waals surface area contributed by atoms with Gasteiger partial charge < -0.3 is 0 Å². The first-order chi connectivity index (χ1) is 8.65. The summed E-state index contributed by atoms with van der Waals surface area (Å²) in [5.74, 6) is 0.222. The van der Waals surface area contributed by atoms with Crippen molar-refractivity contribution in [2.45, 2.75) is 12.8 Å². The molecule has 0 radical (unpaired) electrons. The Morgan fingerprint density at radius 3 is 2.28 bits per heavy atom. The SMILES string of the molecule is O=C1CCc2c1cccc2-c1cc(Cl)cc(Cl)c1. The first kappa shape index (κ1) is 11.8. The number of hydrogen-bond donors (Lipinski definition) is 0. The molecule has 0 unspecified atom stereocenters. The monoisotopic (exact) mass is 276 g/mol. The molecule has 2 aromatic rings. The maximum absolute atomic E-state index is 11.7. The van der Waals surface area contributed by atoms with Crippen molar-refractivity contribution in [2.24, 2.45) is 0 Å². The van der Waals surface area contributed by atoms with Crippen molar-refractivity contribution in [2.75, 3.05) is 0 Å². The topological polar surface area (TPSA) is 17.1 Å². The zero-order chi connectivity index (χ0) is 12.7. The van der Waals surface area contributed by atoms with Gasteiger partial charge in [-0.3, -0.25) is 4.79 Å². The summed E-state index contributed by atoms with van der Waals surface area (Å²) in [6, 6.07) is 11.3. The molecule has 0 amide bonds. The highest BCUT2D eigenvalue weighted by Gasteiger charge is 2.22. The average Bonchev–Trinajstić information content (AvgIpc) is 2.70. The highest BCUT2D eigenvalue weighted by molar-refractivity contribution is 6.35. The number of ketones is 1. The Labute approximate surface area is 115 Å². The van der Waals surface area contributed by atoms with E-state index in [-0.39, 0.29) is 5.78 Å². The Bertz CT molecular complexity index is 627. The van der Waals surface area contributed by atoms with Crippen molar-refractivity contribution in [1.29, 1.82) is 0 Å². The Morgan fingerprint density at radius 2 is 1.56 bits per heavy atom. The molecule has 2 aromatic carbocycles. The van der Waals surface area contributed by atoms with Gasteiger partial charge in [0.1, 0.15) is 0 Å². The lowest BCUT2D eigenvalue weighted by Crippen LogP contribution is -1.92. The van der Waals surface area contributed by atoms with Crippen LogP contribution in [0.3, 0.4) is 0 Å². The van der Waals surface area contributed by atoms with E-state index in [1.807, 2.05) is 30.3 Å². The number of fused-ring (bicyclic) bond motifs is 1. The summed E-state index contributed by atoms with van der Waals surface area (Å²) < 4.78 is 0. The molecule has 3 rings (SSSR count). The molecular formula is C15H10Cl2O. The van der Waals surface area contributed by atoms with E-state index in [0.29, 0.717) is 16.5 Å². The molecule has 0 aliphatic heterocycles. The number of carbonyl (C=O) groups is 1. The van der Waals surface area contributed by atoms with Gasteiger partial charge in [-0.25, -0.2) is 0 Å². The number of hydrogen-bond acceptors (Lipinski definition) is 1. The van der Waals surface area contributed by atoms with E-state index in [4.69, 9.17) is 23.2 Å². The van der Waals surface area contributed by atoms with Crippen LogP contribution in [0.5, 0.6) is 0 Å². The first-order valence-corrected chi connectivity index (χ1v) is 6.52. The van der Waals surface area contributed by atoms with Crippen LogP contribution in [0.4, 0.5) is 0 Å². The largest absolute Gasteiger partial charge is 0.294 e. The van der Waals surface area contributed by atoms with Gasteiger partial charge in [-0.15, -0.1) is 0 Å². The smallest absolute Gasteiger partial charge is 0.163 e. The highest BCUT2D eigenvalue weighted by atomic mass is 35.5. The first-order valence-electron chi connectivity index (χ1n) is 5.77. The van der Waals surface area contributed by atoms with Crippen LogP contribution in [0, 0.1) is 0 Å². The lowest BCUT2D eigenvalue weighted by Gasteiger charge is -2.09. The van der Waals surface area contributed by atoms with Crippen molar-refractivity contribution in [3.05, 3.63) is 57.6 Å². The molecule has 1 nitrogen and oxygen atoms in total. The van der Waals surface area contributed by atoms with Crippen LogP contribution in [-0.4, -0.2) is 5.78 Å². The molecule has 0 bridgehead atoms. The third-order valence-corrected chi connectivity index (χ3v) is 3.69. The molecule has 0 saturated carbocycles. The van der Waals surface area contributed by atoms with Gasteiger partial charge in [0, 0.05) is 22.0 Å². The molecule has 0 heterocycles. The predicted octanol–water partition coefficient (Wildman–Crippen LogP) is 4.79. The van der Waals surface area contributed by atoms with Crippen molar-refractivity contribution < 1.29 is 4.79 Å². The zero-order valence-electron chi connectivity index (χ0n) is 9.54. The fraction of sp³-hybridized carbons (Fsp3) is 0.133. The van der Waals surface area contributed by atoms with Crippen molar-refractivity contribution >= 4 is 29.0 Å². The van der Waals surface area contributed by atoms with Gasteiger partial charge in [0.2, 0.25) is 0 Å². The maximum atomic E-state index is 11.7. The zero-order valence-corrected chi connectivity index (χ0v) is 11.1. The minimum absolute atomic E-state index is 0.222.